The lowest BCUT2D eigenvalue weighted by atomic mass is 10.0. The predicted octanol–water partition coefficient (Wildman–Crippen LogP) is 2.44. The third-order valence-corrected chi connectivity index (χ3v) is 5.68. The average molecular weight is 304 g/mol. The monoisotopic (exact) mass is 303 g/mol. The molecule has 106 valence electrons. The van der Waals surface area contributed by atoms with Gasteiger partial charge in [-0.2, -0.15) is 0 Å². The van der Waals surface area contributed by atoms with Gasteiger partial charge in [0.15, 0.2) is 0 Å². The molecule has 0 heterocycles. The van der Waals surface area contributed by atoms with Crippen LogP contribution in [0, 0.1) is 0 Å². The summed E-state index contributed by atoms with van der Waals surface area (Å²) in [5, 5.41) is 9.27. The van der Waals surface area contributed by atoms with Crippen molar-refractivity contribution in [3.63, 3.8) is 0 Å². The largest absolute Gasteiger partial charge is 0.392 e. The first-order chi connectivity index (χ1) is 8.86. The molecule has 1 aromatic rings. The summed E-state index contributed by atoms with van der Waals surface area (Å²) in [6.45, 7) is 1.71. The zero-order valence-corrected chi connectivity index (χ0v) is 12.4. The molecule has 0 unspecified atom stereocenters. The van der Waals surface area contributed by atoms with Crippen LogP contribution in [0.15, 0.2) is 23.1 Å². The summed E-state index contributed by atoms with van der Waals surface area (Å²) in [5.41, 5.74) is 0.138. The molecule has 19 heavy (non-hydrogen) atoms. The second-order valence-corrected chi connectivity index (χ2v) is 7.35. The molecule has 0 spiro atoms. The van der Waals surface area contributed by atoms with Gasteiger partial charge in [0.05, 0.1) is 11.6 Å². The molecule has 2 rings (SSSR count). The normalized spacial score (nSPS) is 18.7. The lowest BCUT2D eigenvalue weighted by molar-refractivity contribution is 0.281. The zero-order valence-electron chi connectivity index (χ0n) is 10.8. The van der Waals surface area contributed by atoms with E-state index in [9.17, 15) is 8.42 Å². The molecule has 0 radical (unpaired) electrons. The van der Waals surface area contributed by atoms with Gasteiger partial charge in [0, 0.05) is 5.54 Å². The van der Waals surface area contributed by atoms with Crippen molar-refractivity contribution in [2.24, 2.45) is 0 Å². The number of aliphatic hydroxyl groups is 1. The van der Waals surface area contributed by atoms with Gasteiger partial charge in [-0.15, -0.1) is 0 Å². The number of nitrogens with one attached hydrogen (secondary N) is 1. The highest BCUT2D eigenvalue weighted by molar-refractivity contribution is 7.89. The summed E-state index contributed by atoms with van der Waals surface area (Å²) in [4.78, 5) is 0.0360. The Balaban J connectivity index is 2.33. The second kappa shape index (κ2) is 5.40. The van der Waals surface area contributed by atoms with Crippen LogP contribution in [0.3, 0.4) is 0 Å². The fourth-order valence-corrected chi connectivity index (χ4v) is 4.51. The number of hydrogen-bond acceptors (Lipinski definition) is 3. The lowest BCUT2D eigenvalue weighted by Gasteiger charge is -2.25. The number of rotatable bonds is 4. The van der Waals surface area contributed by atoms with Gasteiger partial charge in [-0.1, -0.05) is 30.5 Å². The molecule has 4 nitrogen and oxygen atoms in total. The number of aliphatic hydroxyl groups excluding tert-OH is 1. The summed E-state index contributed by atoms with van der Waals surface area (Å²) in [6, 6.07) is 4.53. The lowest BCUT2D eigenvalue weighted by Crippen LogP contribution is -2.43. The molecule has 1 aromatic carbocycles. The summed E-state index contributed by atoms with van der Waals surface area (Å²) in [7, 11) is -3.66. The Kier molecular flexibility index (Phi) is 4.20. The molecule has 0 bridgehead atoms. The maximum atomic E-state index is 12.4. The first-order valence-electron chi connectivity index (χ1n) is 6.30. The van der Waals surface area contributed by atoms with Crippen LogP contribution in [0.4, 0.5) is 0 Å². The maximum absolute atomic E-state index is 12.4. The van der Waals surface area contributed by atoms with Crippen molar-refractivity contribution < 1.29 is 13.5 Å². The van der Waals surface area contributed by atoms with Crippen LogP contribution in [0.2, 0.25) is 5.02 Å². The van der Waals surface area contributed by atoms with Crippen LogP contribution >= 0.6 is 11.6 Å². The molecule has 1 saturated carbocycles. The van der Waals surface area contributed by atoms with Crippen molar-refractivity contribution in [3.05, 3.63) is 28.8 Å². The molecular weight excluding hydrogens is 286 g/mol. The van der Waals surface area contributed by atoms with Crippen molar-refractivity contribution in [1.29, 1.82) is 0 Å². The minimum absolute atomic E-state index is 0.0360. The van der Waals surface area contributed by atoms with Gasteiger partial charge < -0.3 is 5.11 Å². The van der Waals surface area contributed by atoms with Gasteiger partial charge in [-0.3, -0.25) is 0 Å². The van der Waals surface area contributed by atoms with Crippen LogP contribution in [-0.4, -0.2) is 19.1 Å². The summed E-state index contributed by atoms with van der Waals surface area (Å²) in [5.74, 6) is 0. The second-order valence-electron chi connectivity index (χ2n) is 5.30. The Morgan fingerprint density at radius 3 is 2.58 bits per heavy atom. The Bertz CT molecular complexity index is 565. The van der Waals surface area contributed by atoms with Crippen molar-refractivity contribution in [2.75, 3.05) is 0 Å². The maximum Gasteiger partial charge on any atom is 0.242 e. The highest BCUT2D eigenvalue weighted by atomic mass is 35.5. The highest BCUT2D eigenvalue weighted by Gasteiger charge is 2.34. The molecule has 1 aliphatic rings. The molecule has 0 amide bonds. The SMILES string of the molecule is CC1(NS(=O)(=O)c2cc(CO)ccc2Cl)CCCC1. The molecule has 0 atom stereocenters. The van der Waals surface area contributed by atoms with Crippen LogP contribution < -0.4 is 4.72 Å². The van der Waals surface area contributed by atoms with E-state index in [1.54, 1.807) is 6.07 Å². The van der Waals surface area contributed by atoms with E-state index in [4.69, 9.17) is 16.7 Å². The third kappa shape index (κ3) is 3.28. The van der Waals surface area contributed by atoms with Gasteiger partial charge in [0.2, 0.25) is 10.0 Å². The van der Waals surface area contributed by atoms with E-state index in [0.29, 0.717) is 5.56 Å². The van der Waals surface area contributed by atoms with E-state index < -0.39 is 15.6 Å². The molecular formula is C13H18ClNO3S. The molecule has 0 saturated heterocycles. The van der Waals surface area contributed by atoms with Gasteiger partial charge in [0.1, 0.15) is 4.90 Å². The summed E-state index contributed by atoms with van der Waals surface area (Å²) >= 11 is 5.97. The third-order valence-electron chi connectivity index (χ3n) is 3.56. The standard InChI is InChI=1S/C13H18ClNO3S/c1-13(6-2-3-7-13)15-19(17,18)12-8-10(9-16)4-5-11(12)14/h4-5,8,15-16H,2-3,6-7,9H2,1H3. The van der Waals surface area contributed by atoms with Gasteiger partial charge in [-0.25, -0.2) is 13.1 Å². The van der Waals surface area contributed by atoms with Crippen LogP contribution in [-0.2, 0) is 16.6 Å². The van der Waals surface area contributed by atoms with E-state index >= 15 is 0 Å². The number of benzene rings is 1. The first-order valence-corrected chi connectivity index (χ1v) is 8.16. The van der Waals surface area contributed by atoms with Crippen molar-refractivity contribution in [2.45, 2.75) is 49.6 Å². The fraction of sp³-hybridized carbons (Fsp3) is 0.538. The average Bonchev–Trinajstić information content (AvgIpc) is 2.75. The summed E-state index contributed by atoms with van der Waals surface area (Å²) < 4.78 is 27.6. The minimum Gasteiger partial charge on any atom is -0.392 e. The van der Waals surface area contributed by atoms with E-state index in [-0.39, 0.29) is 16.5 Å². The minimum atomic E-state index is -3.66. The van der Waals surface area contributed by atoms with Gasteiger partial charge in [-0.05, 0) is 37.5 Å². The van der Waals surface area contributed by atoms with Crippen LogP contribution in [0.1, 0.15) is 38.2 Å². The van der Waals surface area contributed by atoms with Gasteiger partial charge in [0.25, 0.3) is 0 Å². The molecule has 1 aliphatic carbocycles. The van der Waals surface area contributed by atoms with E-state index in [1.165, 1.54) is 12.1 Å². The van der Waals surface area contributed by atoms with Gasteiger partial charge >= 0.3 is 0 Å². The Hall–Kier alpha value is -0.620. The molecule has 2 N–H and O–H groups in total. The molecule has 1 fully saturated rings. The zero-order chi connectivity index (χ0) is 14.1. The molecule has 6 heteroatoms. The molecule has 0 aliphatic heterocycles. The first kappa shape index (κ1) is 14.8. The smallest absolute Gasteiger partial charge is 0.242 e. The topological polar surface area (TPSA) is 66.4 Å². The quantitative estimate of drug-likeness (QED) is 0.898. The van der Waals surface area contributed by atoms with E-state index in [2.05, 4.69) is 4.72 Å². The number of halogens is 1. The Labute approximate surface area is 118 Å². The van der Waals surface area contributed by atoms with Crippen LogP contribution in [0.5, 0.6) is 0 Å². The van der Waals surface area contributed by atoms with Crippen molar-refractivity contribution >= 4 is 21.6 Å². The Morgan fingerprint density at radius 2 is 2.00 bits per heavy atom. The fourth-order valence-electron chi connectivity index (χ4n) is 2.49. The number of hydrogen-bond donors (Lipinski definition) is 2. The van der Waals surface area contributed by atoms with E-state index in [1.807, 2.05) is 6.92 Å². The van der Waals surface area contributed by atoms with E-state index in [0.717, 1.165) is 25.7 Å². The van der Waals surface area contributed by atoms with Crippen molar-refractivity contribution in [1.82, 2.24) is 4.72 Å². The molecule has 0 aromatic heterocycles. The number of sulfonamides is 1. The van der Waals surface area contributed by atoms with Crippen LogP contribution in [0.25, 0.3) is 0 Å². The predicted molar refractivity (Wildman–Crippen MR) is 74.6 cm³/mol. The Morgan fingerprint density at radius 1 is 1.37 bits per heavy atom. The highest BCUT2D eigenvalue weighted by Crippen LogP contribution is 2.32. The van der Waals surface area contributed by atoms with Crippen molar-refractivity contribution in [3.8, 4) is 0 Å². The summed E-state index contributed by atoms with van der Waals surface area (Å²) in [6.07, 6.45) is 3.74.